The molecule has 2 aromatic carbocycles. The average molecular weight is 357 g/mol. The number of rotatable bonds is 3. The van der Waals surface area contributed by atoms with Crippen molar-refractivity contribution in [3.8, 4) is 22.9 Å². The minimum absolute atomic E-state index is 0.0719. The average Bonchev–Trinajstić information content (AvgIpc) is 3.13. The summed E-state index contributed by atoms with van der Waals surface area (Å²) < 4.78 is 32.1. The number of aliphatic hydroxyl groups is 1. The number of aryl methyl sites for hydroxylation is 1. The molecule has 0 aliphatic heterocycles. The van der Waals surface area contributed by atoms with Crippen molar-refractivity contribution < 1.29 is 18.3 Å². The summed E-state index contributed by atoms with van der Waals surface area (Å²) in [5, 5.41) is 17.4. The molecular formula is C19H17F2N3O2. The van der Waals surface area contributed by atoms with E-state index in [1.54, 1.807) is 0 Å². The predicted molar refractivity (Wildman–Crippen MR) is 91.1 cm³/mol. The number of aromatic nitrogens is 2. The number of aliphatic hydroxyl groups excluding tert-OH is 1. The number of fused-ring (bicyclic) bond motifs is 1. The van der Waals surface area contributed by atoms with Crippen LogP contribution in [0.5, 0.6) is 0 Å². The normalized spacial score (nSPS) is 19.4. The number of halogens is 2. The number of hydrogen-bond acceptors (Lipinski definition) is 5. The summed E-state index contributed by atoms with van der Waals surface area (Å²) in [6.45, 7) is -0.0719. The van der Waals surface area contributed by atoms with E-state index in [9.17, 15) is 13.9 Å². The van der Waals surface area contributed by atoms with E-state index in [2.05, 4.69) is 10.2 Å². The quantitative estimate of drug-likeness (QED) is 0.753. The summed E-state index contributed by atoms with van der Waals surface area (Å²) >= 11 is 0. The van der Waals surface area contributed by atoms with E-state index in [1.807, 2.05) is 18.2 Å². The van der Waals surface area contributed by atoms with E-state index in [0.717, 1.165) is 30.5 Å². The highest BCUT2D eigenvalue weighted by Gasteiger charge is 2.30. The molecule has 0 spiro atoms. The van der Waals surface area contributed by atoms with Crippen molar-refractivity contribution in [2.45, 2.75) is 24.8 Å². The zero-order chi connectivity index (χ0) is 18.3. The Bertz CT molecular complexity index is 973. The van der Waals surface area contributed by atoms with E-state index in [4.69, 9.17) is 10.2 Å². The van der Waals surface area contributed by atoms with Crippen molar-refractivity contribution >= 4 is 0 Å². The number of benzene rings is 2. The number of nitrogens with zero attached hydrogens (tertiary/aromatic N) is 2. The molecule has 1 aliphatic carbocycles. The first-order chi connectivity index (χ1) is 12.5. The fourth-order valence-electron chi connectivity index (χ4n) is 3.24. The molecule has 7 heteroatoms. The van der Waals surface area contributed by atoms with Gasteiger partial charge in [0.1, 0.15) is 0 Å². The minimum Gasteiger partial charge on any atom is -0.416 e. The molecule has 5 nitrogen and oxygen atoms in total. The second-order valence-corrected chi connectivity index (χ2v) is 6.72. The SMILES string of the molecule is NC1(CO)CCc2ccc(-c3nnc(-c4ccc(F)c(F)c4)o3)cc2C1. The van der Waals surface area contributed by atoms with Gasteiger partial charge in [-0.3, -0.25) is 0 Å². The van der Waals surface area contributed by atoms with Crippen molar-refractivity contribution in [2.24, 2.45) is 5.73 Å². The second kappa shape index (κ2) is 6.26. The van der Waals surface area contributed by atoms with Crippen LogP contribution >= 0.6 is 0 Å². The standard InChI is InChI=1S/C19H17F2N3O2/c20-15-4-3-13(8-16(15)21)18-24-23-17(26-18)12-2-1-11-5-6-19(22,10-25)9-14(11)7-12/h1-4,7-8,25H,5-6,9-10,22H2. The minimum atomic E-state index is -0.973. The van der Waals surface area contributed by atoms with Gasteiger partial charge in [-0.25, -0.2) is 8.78 Å². The van der Waals surface area contributed by atoms with Gasteiger partial charge in [-0.2, -0.15) is 0 Å². The van der Waals surface area contributed by atoms with E-state index in [0.29, 0.717) is 17.5 Å². The molecule has 3 aromatic rings. The van der Waals surface area contributed by atoms with E-state index >= 15 is 0 Å². The molecule has 0 fully saturated rings. The molecule has 1 atom stereocenters. The lowest BCUT2D eigenvalue weighted by Crippen LogP contribution is -2.48. The zero-order valence-corrected chi connectivity index (χ0v) is 13.9. The molecule has 0 saturated heterocycles. The third-order valence-corrected chi connectivity index (χ3v) is 4.79. The smallest absolute Gasteiger partial charge is 0.248 e. The third-order valence-electron chi connectivity index (χ3n) is 4.79. The van der Waals surface area contributed by atoms with Gasteiger partial charge in [0.05, 0.1) is 6.61 Å². The molecule has 0 saturated carbocycles. The van der Waals surface area contributed by atoms with Crippen molar-refractivity contribution in [3.63, 3.8) is 0 Å². The number of hydrogen-bond donors (Lipinski definition) is 2. The van der Waals surface area contributed by atoms with E-state index < -0.39 is 17.2 Å². The molecule has 4 rings (SSSR count). The molecule has 26 heavy (non-hydrogen) atoms. The topological polar surface area (TPSA) is 85.2 Å². The summed E-state index contributed by atoms with van der Waals surface area (Å²) in [6.07, 6.45) is 2.10. The van der Waals surface area contributed by atoms with Gasteiger partial charge >= 0.3 is 0 Å². The van der Waals surface area contributed by atoms with Gasteiger partial charge in [0.25, 0.3) is 0 Å². The van der Waals surface area contributed by atoms with Crippen LogP contribution in [-0.2, 0) is 12.8 Å². The fourth-order valence-corrected chi connectivity index (χ4v) is 3.24. The molecule has 134 valence electrons. The first-order valence-electron chi connectivity index (χ1n) is 8.28. The van der Waals surface area contributed by atoms with Crippen LogP contribution in [0, 0.1) is 11.6 Å². The summed E-state index contributed by atoms with van der Waals surface area (Å²) in [7, 11) is 0. The van der Waals surface area contributed by atoms with Gasteiger partial charge in [0.2, 0.25) is 11.8 Å². The van der Waals surface area contributed by atoms with Crippen LogP contribution in [0.3, 0.4) is 0 Å². The lowest BCUT2D eigenvalue weighted by atomic mass is 9.78. The van der Waals surface area contributed by atoms with Gasteiger partial charge in [-0.1, -0.05) is 6.07 Å². The summed E-state index contributed by atoms with van der Waals surface area (Å²) in [5.41, 5.74) is 8.83. The van der Waals surface area contributed by atoms with Crippen LogP contribution in [0.15, 0.2) is 40.8 Å². The molecule has 1 unspecified atom stereocenters. The summed E-state index contributed by atoms with van der Waals surface area (Å²) in [4.78, 5) is 0. The van der Waals surface area contributed by atoms with Crippen LogP contribution in [0.25, 0.3) is 22.9 Å². The Labute approximate surface area is 148 Å². The van der Waals surface area contributed by atoms with Gasteiger partial charge in [0.15, 0.2) is 11.6 Å². The Balaban J connectivity index is 1.66. The van der Waals surface area contributed by atoms with Crippen molar-refractivity contribution in [3.05, 3.63) is 59.2 Å². The highest BCUT2D eigenvalue weighted by atomic mass is 19.2. The highest BCUT2D eigenvalue weighted by Crippen LogP contribution is 2.31. The highest BCUT2D eigenvalue weighted by molar-refractivity contribution is 5.59. The number of nitrogens with two attached hydrogens (primary N) is 1. The Hall–Kier alpha value is -2.64. The fraction of sp³-hybridized carbons (Fsp3) is 0.263. The van der Waals surface area contributed by atoms with Gasteiger partial charge in [-0.15, -0.1) is 10.2 Å². The van der Waals surface area contributed by atoms with Gasteiger partial charge < -0.3 is 15.3 Å². The lowest BCUT2D eigenvalue weighted by Gasteiger charge is -2.33. The molecular weight excluding hydrogens is 340 g/mol. The van der Waals surface area contributed by atoms with E-state index in [1.165, 1.54) is 11.6 Å². The molecule has 0 bridgehead atoms. The van der Waals surface area contributed by atoms with E-state index in [-0.39, 0.29) is 18.4 Å². The monoisotopic (exact) mass is 357 g/mol. The Morgan fingerprint density at radius 3 is 2.38 bits per heavy atom. The van der Waals surface area contributed by atoms with Crippen LogP contribution < -0.4 is 5.73 Å². The maximum Gasteiger partial charge on any atom is 0.248 e. The van der Waals surface area contributed by atoms with Crippen LogP contribution in [0.1, 0.15) is 17.5 Å². The van der Waals surface area contributed by atoms with Gasteiger partial charge in [-0.05, 0) is 60.7 Å². The Morgan fingerprint density at radius 1 is 1.00 bits per heavy atom. The Kier molecular flexibility index (Phi) is 4.05. The van der Waals surface area contributed by atoms with Crippen molar-refractivity contribution in [1.29, 1.82) is 0 Å². The molecule has 1 aliphatic rings. The lowest BCUT2D eigenvalue weighted by molar-refractivity contribution is 0.181. The Morgan fingerprint density at radius 2 is 1.69 bits per heavy atom. The maximum absolute atomic E-state index is 13.4. The van der Waals surface area contributed by atoms with Crippen molar-refractivity contribution in [1.82, 2.24) is 10.2 Å². The summed E-state index contributed by atoms with van der Waals surface area (Å²) in [5.74, 6) is -1.51. The largest absolute Gasteiger partial charge is 0.416 e. The maximum atomic E-state index is 13.4. The predicted octanol–water partition coefficient (Wildman–Crippen LogP) is 2.86. The van der Waals surface area contributed by atoms with Crippen molar-refractivity contribution in [2.75, 3.05) is 6.61 Å². The molecule has 1 heterocycles. The van der Waals surface area contributed by atoms with Crippen LogP contribution in [0.2, 0.25) is 0 Å². The molecule has 0 radical (unpaired) electrons. The summed E-state index contributed by atoms with van der Waals surface area (Å²) in [6, 6.07) is 9.21. The first kappa shape index (κ1) is 16.8. The third kappa shape index (κ3) is 3.00. The van der Waals surface area contributed by atoms with Gasteiger partial charge in [0, 0.05) is 16.7 Å². The molecule has 3 N–H and O–H groups in total. The second-order valence-electron chi connectivity index (χ2n) is 6.72. The molecule has 0 amide bonds. The van der Waals surface area contributed by atoms with Crippen LogP contribution in [-0.4, -0.2) is 27.4 Å². The molecule has 1 aromatic heterocycles. The zero-order valence-electron chi connectivity index (χ0n) is 13.9. The van der Waals surface area contributed by atoms with Crippen LogP contribution in [0.4, 0.5) is 8.78 Å². The first-order valence-corrected chi connectivity index (χ1v) is 8.28.